The van der Waals surface area contributed by atoms with Gasteiger partial charge in [-0.25, -0.2) is 0 Å². The molecular formula is C17H27NO. The molecule has 106 valence electrons. The largest absolute Gasteiger partial charge is 0.493 e. The van der Waals surface area contributed by atoms with E-state index in [4.69, 9.17) is 4.74 Å². The summed E-state index contributed by atoms with van der Waals surface area (Å²) in [6.07, 6.45) is 6.37. The first-order chi connectivity index (χ1) is 9.33. The van der Waals surface area contributed by atoms with Crippen LogP contribution in [0, 0.1) is 5.92 Å². The molecule has 19 heavy (non-hydrogen) atoms. The molecule has 0 spiro atoms. The minimum atomic E-state index is 0.831. The topological polar surface area (TPSA) is 21.3 Å². The Bertz CT molecular complexity index is 389. The van der Waals surface area contributed by atoms with Gasteiger partial charge in [0, 0.05) is 13.0 Å². The van der Waals surface area contributed by atoms with Gasteiger partial charge in [0.25, 0.3) is 0 Å². The van der Waals surface area contributed by atoms with Gasteiger partial charge in [-0.3, -0.25) is 0 Å². The normalized spacial score (nSPS) is 15.1. The zero-order chi connectivity index (χ0) is 13.5. The smallest absolute Gasteiger partial charge is 0.122 e. The summed E-state index contributed by atoms with van der Waals surface area (Å²) in [5, 5.41) is 3.61. The summed E-state index contributed by atoms with van der Waals surface area (Å²) in [7, 11) is 0. The highest BCUT2D eigenvalue weighted by Gasteiger charge is 2.12. The van der Waals surface area contributed by atoms with Crippen LogP contribution in [0.25, 0.3) is 0 Å². The van der Waals surface area contributed by atoms with Crippen molar-refractivity contribution in [2.45, 2.75) is 52.5 Å². The highest BCUT2D eigenvalue weighted by atomic mass is 16.5. The van der Waals surface area contributed by atoms with E-state index in [1.165, 1.54) is 36.8 Å². The lowest BCUT2D eigenvalue weighted by Crippen LogP contribution is -2.22. The highest BCUT2D eigenvalue weighted by Crippen LogP contribution is 2.25. The fraction of sp³-hybridized carbons (Fsp3) is 0.647. The third-order valence-electron chi connectivity index (χ3n) is 4.06. The van der Waals surface area contributed by atoms with Crippen molar-refractivity contribution in [2.24, 2.45) is 5.92 Å². The summed E-state index contributed by atoms with van der Waals surface area (Å²) in [6.45, 7) is 7.54. The van der Waals surface area contributed by atoms with E-state index in [0.29, 0.717) is 0 Å². The first-order valence-corrected chi connectivity index (χ1v) is 7.78. The van der Waals surface area contributed by atoms with Gasteiger partial charge in [-0.1, -0.05) is 45.2 Å². The van der Waals surface area contributed by atoms with Crippen LogP contribution >= 0.6 is 0 Å². The van der Waals surface area contributed by atoms with Gasteiger partial charge in [-0.2, -0.15) is 0 Å². The van der Waals surface area contributed by atoms with Crippen LogP contribution < -0.4 is 10.1 Å². The Morgan fingerprint density at radius 2 is 2.21 bits per heavy atom. The molecule has 2 heteroatoms. The maximum atomic E-state index is 5.54. The second-order valence-electron chi connectivity index (χ2n) is 5.59. The average Bonchev–Trinajstić information content (AvgIpc) is 2.90. The van der Waals surface area contributed by atoms with Crippen LogP contribution in [0.4, 0.5) is 0 Å². The first kappa shape index (κ1) is 14.4. The van der Waals surface area contributed by atoms with Gasteiger partial charge in [0.2, 0.25) is 0 Å². The van der Waals surface area contributed by atoms with Crippen molar-refractivity contribution in [1.82, 2.24) is 5.32 Å². The van der Waals surface area contributed by atoms with Gasteiger partial charge in [-0.15, -0.1) is 0 Å². The molecule has 1 aromatic rings. The number of hydrogen-bond donors (Lipinski definition) is 1. The number of nitrogens with one attached hydrogen (secondary N) is 1. The molecule has 1 aromatic carbocycles. The lowest BCUT2D eigenvalue weighted by molar-refractivity contribution is 0.357. The van der Waals surface area contributed by atoms with Crippen molar-refractivity contribution in [1.29, 1.82) is 0 Å². The molecule has 0 saturated heterocycles. The zero-order valence-electron chi connectivity index (χ0n) is 12.4. The van der Waals surface area contributed by atoms with Crippen LogP contribution in [0.15, 0.2) is 18.2 Å². The van der Waals surface area contributed by atoms with Crippen molar-refractivity contribution in [3.05, 3.63) is 29.3 Å². The van der Waals surface area contributed by atoms with E-state index in [-0.39, 0.29) is 0 Å². The zero-order valence-corrected chi connectivity index (χ0v) is 12.4. The molecule has 2 rings (SSSR count). The summed E-state index contributed by atoms with van der Waals surface area (Å²) in [4.78, 5) is 0. The van der Waals surface area contributed by atoms with Gasteiger partial charge < -0.3 is 10.1 Å². The van der Waals surface area contributed by atoms with E-state index in [1.54, 1.807) is 0 Å². The van der Waals surface area contributed by atoms with E-state index < -0.39 is 0 Å². The van der Waals surface area contributed by atoms with E-state index in [2.05, 4.69) is 37.4 Å². The molecule has 0 fully saturated rings. The molecule has 0 amide bonds. The van der Waals surface area contributed by atoms with E-state index in [1.807, 2.05) is 0 Å². The summed E-state index contributed by atoms with van der Waals surface area (Å²) in [6, 6.07) is 6.60. The first-order valence-electron chi connectivity index (χ1n) is 7.78. The van der Waals surface area contributed by atoms with Gasteiger partial charge in [0.05, 0.1) is 6.61 Å². The van der Waals surface area contributed by atoms with Crippen molar-refractivity contribution >= 4 is 0 Å². The molecule has 0 aliphatic carbocycles. The number of rotatable bonds is 8. The summed E-state index contributed by atoms with van der Waals surface area (Å²) in [5.41, 5.74) is 2.76. The van der Waals surface area contributed by atoms with Gasteiger partial charge >= 0.3 is 0 Å². The number of ether oxygens (including phenoxy) is 1. The van der Waals surface area contributed by atoms with Crippen LogP contribution in [-0.4, -0.2) is 13.2 Å². The molecule has 1 N–H and O–H groups in total. The van der Waals surface area contributed by atoms with Crippen molar-refractivity contribution in [3.63, 3.8) is 0 Å². The van der Waals surface area contributed by atoms with Crippen LogP contribution in [0.2, 0.25) is 0 Å². The number of hydrogen-bond acceptors (Lipinski definition) is 2. The van der Waals surface area contributed by atoms with Gasteiger partial charge in [0.1, 0.15) is 5.75 Å². The van der Waals surface area contributed by atoms with Crippen LogP contribution in [0.3, 0.4) is 0 Å². The number of fused-ring (bicyclic) bond motifs is 1. The van der Waals surface area contributed by atoms with Crippen molar-refractivity contribution in [2.75, 3.05) is 13.2 Å². The third kappa shape index (κ3) is 4.24. The Hall–Kier alpha value is -1.02. The molecule has 0 bridgehead atoms. The Labute approximate surface area is 117 Å². The molecule has 0 saturated carbocycles. The van der Waals surface area contributed by atoms with Gasteiger partial charge in [0.15, 0.2) is 0 Å². The number of unbranched alkanes of at least 4 members (excludes halogenated alkanes) is 1. The van der Waals surface area contributed by atoms with E-state index >= 15 is 0 Å². The summed E-state index contributed by atoms with van der Waals surface area (Å²) in [5.74, 6) is 1.91. The number of benzene rings is 1. The molecule has 2 nitrogen and oxygen atoms in total. The van der Waals surface area contributed by atoms with E-state index in [0.717, 1.165) is 37.8 Å². The van der Waals surface area contributed by atoms with Crippen LogP contribution in [-0.2, 0) is 13.0 Å². The molecule has 1 aliphatic rings. The third-order valence-corrected chi connectivity index (χ3v) is 4.06. The molecule has 0 radical (unpaired) electrons. The minimum absolute atomic E-state index is 0.831. The quantitative estimate of drug-likeness (QED) is 0.765. The summed E-state index contributed by atoms with van der Waals surface area (Å²) < 4.78 is 5.54. The van der Waals surface area contributed by atoms with Crippen LogP contribution in [0.5, 0.6) is 5.75 Å². The Morgan fingerprint density at radius 3 is 3.00 bits per heavy atom. The minimum Gasteiger partial charge on any atom is -0.493 e. The molecule has 1 atom stereocenters. The van der Waals surface area contributed by atoms with Crippen molar-refractivity contribution < 1.29 is 4.74 Å². The standard InChI is InChI=1S/C17H27NO/c1-3-5-6-14(4-2)12-18-13-15-7-8-17-16(11-15)9-10-19-17/h7-8,11,14,18H,3-6,9-10,12-13H2,1-2H3. The Balaban J connectivity index is 1.75. The fourth-order valence-corrected chi connectivity index (χ4v) is 2.71. The SMILES string of the molecule is CCCCC(CC)CNCc1ccc2c(c1)CCO2. The van der Waals surface area contributed by atoms with Crippen molar-refractivity contribution in [3.8, 4) is 5.75 Å². The fourth-order valence-electron chi connectivity index (χ4n) is 2.71. The lowest BCUT2D eigenvalue weighted by Gasteiger charge is -2.15. The maximum Gasteiger partial charge on any atom is 0.122 e. The second-order valence-corrected chi connectivity index (χ2v) is 5.59. The second kappa shape index (κ2) is 7.54. The molecule has 1 heterocycles. The monoisotopic (exact) mass is 261 g/mol. The summed E-state index contributed by atoms with van der Waals surface area (Å²) >= 11 is 0. The molecule has 1 aliphatic heterocycles. The van der Waals surface area contributed by atoms with E-state index in [9.17, 15) is 0 Å². The predicted octanol–water partition coefficient (Wildman–Crippen LogP) is 3.93. The van der Waals surface area contributed by atoms with Crippen LogP contribution in [0.1, 0.15) is 50.7 Å². The maximum absolute atomic E-state index is 5.54. The predicted molar refractivity (Wildman–Crippen MR) is 80.7 cm³/mol. The Morgan fingerprint density at radius 1 is 1.32 bits per heavy atom. The lowest BCUT2D eigenvalue weighted by atomic mass is 9.99. The molecule has 0 aromatic heterocycles. The molecular weight excluding hydrogens is 234 g/mol. The molecule has 1 unspecified atom stereocenters. The highest BCUT2D eigenvalue weighted by molar-refractivity contribution is 5.39. The average molecular weight is 261 g/mol. The van der Waals surface area contributed by atoms with Gasteiger partial charge in [-0.05, 0) is 36.1 Å². The Kier molecular flexibility index (Phi) is 5.71.